The molecule has 0 aliphatic carbocycles. The first-order chi connectivity index (χ1) is 9.30. The third kappa shape index (κ3) is 2.98. The summed E-state index contributed by atoms with van der Waals surface area (Å²) in [5.41, 5.74) is 0.919. The predicted molar refractivity (Wildman–Crippen MR) is 70.3 cm³/mol. The van der Waals surface area contributed by atoms with Crippen LogP contribution in [0.3, 0.4) is 0 Å². The summed E-state index contributed by atoms with van der Waals surface area (Å²) in [6.45, 7) is 2.89. The second kappa shape index (κ2) is 6.41. The van der Waals surface area contributed by atoms with Gasteiger partial charge in [-0.1, -0.05) is 6.07 Å². The lowest BCUT2D eigenvalue weighted by molar-refractivity contribution is 0.0266. The molecule has 0 spiro atoms. The van der Waals surface area contributed by atoms with Crippen molar-refractivity contribution < 1.29 is 14.2 Å². The Bertz CT molecular complexity index is 464. The van der Waals surface area contributed by atoms with Crippen LogP contribution in [0.15, 0.2) is 18.2 Å². The van der Waals surface area contributed by atoms with Gasteiger partial charge in [-0.2, -0.15) is 5.26 Å². The van der Waals surface area contributed by atoms with E-state index >= 15 is 0 Å². The molecule has 1 saturated heterocycles. The summed E-state index contributed by atoms with van der Waals surface area (Å²) in [6, 6.07) is 7.68. The fourth-order valence-electron chi connectivity index (χ4n) is 2.23. The zero-order valence-electron chi connectivity index (χ0n) is 11.3. The third-order valence-corrected chi connectivity index (χ3v) is 3.26. The molecule has 1 aliphatic heterocycles. The third-order valence-electron chi connectivity index (χ3n) is 3.26. The van der Waals surface area contributed by atoms with Crippen LogP contribution in [0.5, 0.6) is 11.5 Å². The van der Waals surface area contributed by atoms with Crippen LogP contribution in [-0.4, -0.2) is 45.4 Å². The van der Waals surface area contributed by atoms with E-state index in [-0.39, 0.29) is 6.04 Å². The van der Waals surface area contributed by atoms with E-state index in [0.29, 0.717) is 24.7 Å². The van der Waals surface area contributed by atoms with Crippen molar-refractivity contribution in [3.8, 4) is 17.6 Å². The van der Waals surface area contributed by atoms with Gasteiger partial charge in [0.2, 0.25) is 0 Å². The largest absolute Gasteiger partial charge is 0.493 e. The Balaban J connectivity index is 2.25. The first-order valence-electron chi connectivity index (χ1n) is 6.23. The van der Waals surface area contributed by atoms with E-state index in [4.69, 9.17) is 14.2 Å². The van der Waals surface area contributed by atoms with Gasteiger partial charge in [0.1, 0.15) is 6.04 Å². The number of methoxy groups -OCH3 is 2. The van der Waals surface area contributed by atoms with E-state index in [2.05, 4.69) is 11.0 Å². The van der Waals surface area contributed by atoms with Gasteiger partial charge in [0, 0.05) is 13.1 Å². The minimum Gasteiger partial charge on any atom is -0.493 e. The SMILES string of the molecule is COc1ccc([C@H](C#N)N2CCOCC2)cc1OC. The van der Waals surface area contributed by atoms with Gasteiger partial charge >= 0.3 is 0 Å². The molecule has 5 nitrogen and oxygen atoms in total. The molecule has 1 heterocycles. The van der Waals surface area contributed by atoms with Gasteiger partial charge in [0.15, 0.2) is 11.5 Å². The molecule has 1 aromatic rings. The van der Waals surface area contributed by atoms with Crippen LogP contribution in [0.2, 0.25) is 0 Å². The Morgan fingerprint density at radius 2 is 1.89 bits per heavy atom. The molecule has 1 aliphatic rings. The molecule has 5 heteroatoms. The molecule has 1 aromatic carbocycles. The highest BCUT2D eigenvalue weighted by molar-refractivity contribution is 5.44. The summed E-state index contributed by atoms with van der Waals surface area (Å²) in [7, 11) is 3.19. The number of hydrogen-bond acceptors (Lipinski definition) is 5. The van der Waals surface area contributed by atoms with Crippen molar-refractivity contribution in [2.45, 2.75) is 6.04 Å². The lowest BCUT2D eigenvalue weighted by Crippen LogP contribution is -2.38. The Morgan fingerprint density at radius 3 is 2.47 bits per heavy atom. The molecule has 0 aromatic heterocycles. The summed E-state index contributed by atoms with van der Waals surface area (Å²) in [5.74, 6) is 1.32. The molecular weight excluding hydrogens is 244 g/mol. The topological polar surface area (TPSA) is 54.7 Å². The van der Waals surface area contributed by atoms with Crippen molar-refractivity contribution in [1.29, 1.82) is 5.26 Å². The van der Waals surface area contributed by atoms with Gasteiger partial charge in [0.05, 0.1) is 33.5 Å². The van der Waals surface area contributed by atoms with Gasteiger partial charge in [-0.05, 0) is 17.7 Å². The Kier molecular flexibility index (Phi) is 4.61. The fraction of sp³-hybridized carbons (Fsp3) is 0.500. The highest BCUT2D eigenvalue weighted by Crippen LogP contribution is 2.31. The minimum absolute atomic E-state index is 0.274. The first-order valence-corrected chi connectivity index (χ1v) is 6.23. The lowest BCUT2D eigenvalue weighted by Gasteiger charge is -2.30. The Morgan fingerprint density at radius 1 is 1.21 bits per heavy atom. The molecule has 0 saturated carbocycles. The zero-order valence-corrected chi connectivity index (χ0v) is 11.3. The van der Waals surface area contributed by atoms with E-state index in [0.717, 1.165) is 18.7 Å². The highest BCUT2D eigenvalue weighted by atomic mass is 16.5. The number of benzene rings is 1. The summed E-state index contributed by atoms with van der Waals surface area (Å²) in [4.78, 5) is 2.12. The number of nitrogens with zero attached hydrogens (tertiary/aromatic N) is 2. The van der Waals surface area contributed by atoms with Gasteiger partial charge < -0.3 is 14.2 Å². The molecule has 0 amide bonds. The maximum atomic E-state index is 9.42. The standard InChI is InChI=1S/C14H18N2O3/c1-17-13-4-3-11(9-14(13)18-2)12(10-15)16-5-7-19-8-6-16/h3-4,9,12H,5-8H2,1-2H3/t12-/m0/s1. The van der Waals surface area contributed by atoms with Crippen molar-refractivity contribution >= 4 is 0 Å². The van der Waals surface area contributed by atoms with Crippen LogP contribution >= 0.6 is 0 Å². The van der Waals surface area contributed by atoms with Crippen LogP contribution in [0.25, 0.3) is 0 Å². The van der Waals surface area contributed by atoms with Crippen molar-refractivity contribution in [2.75, 3.05) is 40.5 Å². The molecule has 1 atom stereocenters. The van der Waals surface area contributed by atoms with Crippen LogP contribution in [-0.2, 0) is 4.74 Å². The molecule has 0 radical (unpaired) electrons. The summed E-state index contributed by atoms with van der Waals surface area (Å²) < 4.78 is 15.8. The van der Waals surface area contributed by atoms with Gasteiger partial charge in [-0.25, -0.2) is 0 Å². The molecular formula is C14H18N2O3. The average Bonchev–Trinajstić information content (AvgIpc) is 2.49. The Hall–Kier alpha value is -1.77. The Labute approximate surface area is 113 Å². The van der Waals surface area contributed by atoms with E-state index in [9.17, 15) is 5.26 Å². The first kappa shape index (κ1) is 13.7. The predicted octanol–water partition coefficient (Wildman–Crippen LogP) is 1.60. The second-order valence-electron chi connectivity index (χ2n) is 4.29. The summed E-state index contributed by atoms with van der Waals surface area (Å²) in [5, 5.41) is 9.42. The lowest BCUT2D eigenvalue weighted by atomic mass is 10.1. The summed E-state index contributed by atoms with van der Waals surface area (Å²) >= 11 is 0. The number of nitriles is 1. The molecule has 0 bridgehead atoms. The number of morpholine rings is 1. The van der Waals surface area contributed by atoms with Crippen molar-refractivity contribution in [2.24, 2.45) is 0 Å². The maximum Gasteiger partial charge on any atom is 0.161 e. The maximum absolute atomic E-state index is 9.42. The summed E-state index contributed by atoms with van der Waals surface area (Å²) in [6.07, 6.45) is 0. The van der Waals surface area contributed by atoms with Crippen molar-refractivity contribution in [1.82, 2.24) is 4.90 Å². The normalized spacial score (nSPS) is 17.5. The van der Waals surface area contributed by atoms with E-state index in [1.165, 1.54) is 0 Å². The second-order valence-corrected chi connectivity index (χ2v) is 4.29. The molecule has 0 N–H and O–H groups in total. The fourth-order valence-corrected chi connectivity index (χ4v) is 2.23. The number of rotatable bonds is 4. The van der Waals surface area contributed by atoms with Gasteiger partial charge in [-0.15, -0.1) is 0 Å². The molecule has 2 rings (SSSR count). The van der Waals surface area contributed by atoms with Gasteiger partial charge in [0.25, 0.3) is 0 Å². The quantitative estimate of drug-likeness (QED) is 0.825. The van der Waals surface area contributed by atoms with Crippen molar-refractivity contribution in [3.63, 3.8) is 0 Å². The molecule has 1 fully saturated rings. The van der Waals surface area contributed by atoms with Crippen LogP contribution in [0.1, 0.15) is 11.6 Å². The monoisotopic (exact) mass is 262 g/mol. The van der Waals surface area contributed by atoms with Crippen LogP contribution in [0.4, 0.5) is 0 Å². The van der Waals surface area contributed by atoms with Crippen LogP contribution < -0.4 is 9.47 Å². The molecule has 19 heavy (non-hydrogen) atoms. The average molecular weight is 262 g/mol. The highest BCUT2D eigenvalue weighted by Gasteiger charge is 2.23. The minimum atomic E-state index is -0.274. The molecule has 0 unspecified atom stereocenters. The smallest absolute Gasteiger partial charge is 0.161 e. The number of hydrogen-bond donors (Lipinski definition) is 0. The van der Waals surface area contributed by atoms with Gasteiger partial charge in [-0.3, -0.25) is 4.90 Å². The van der Waals surface area contributed by atoms with Crippen LogP contribution in [0, 0.1) is 11.3 Å². The molecule has 102 valence electrons. The van der Waals surface area contributed by atoms with E-state index in [1.54, 1.807) is 14.2 Å². The zero-order chi connectivity index (χ0) is 13.7. The van der Waals surface area contributed by atoms with Crippen molar-refractivity contribution in [3.05, 3.63) is 23.8 Å². The van der Waals surface area contributed by atoms with E-state index in [1.807, 2.05) is 18.2 Å². The number of ether oxygens (including phenoxy) is 3. The van der Waals surface area contributed by atoms with E-state index < -0.39 is 0 Å².